The molecular weight excluding hydrogens is 257 g/mol. The first-order valence-electron chi connectivity index (χ1n) is 6.89. The lowest BCUT2D eigenvalue weighted by atomic mass is 10.2. The minimum Gasteiger partial charge on any atom is -0.486 e. The van der Waals surface area contributed by atoms with Crippen molar-refractivity contribution in [2.75, 3.05) is 0 Å². The van der Waals surface area contributed by atoms with Crippen LogP contribution in [0.25, 0.3) is 0 Å². The van der Waals surface area contributed by atoms with Crippen LogP contribution in [0, 0.1) is 12.7 Å². The summed E-state index contributed by atoms with van der Waals surface area (Å²) in [6.45, 7) is 2.87. The molecule has 4 heteroatoms. The highest BCUT2D eigenvalue weighted by molar-refractivity contribution is 5.28. The molecule has 3 rings (SSSR count). The lowest BCUT2D eigenvalue weighted by Gasteiger charge is -2.05. The maximum Gasteiger partial charge on any atom is 0.146 e. The largest absolute Gasteiger partial charge is 0.486 e. The van der Waals surface area contributed by atoms with Crippen LogP contribution in [-0.2, 0) is 13.2 Å². The second-order valence-corrected chi connectivity index (χ2v) is 5.28. The van der Waals surface area contributed by atoms with E-state index < -0.39 is 0 Å². The Hall–Kier alpha value is -1.81. The van der Waals surface area contributed by atoms with E-state index in [2.05, 4.69) is 5.32 Å². The van der Waals surface area contributed by atoms with E-state index in [1.54, 1.807) is 25.3 Å². The van der Waals surface area contributed by atoms with E-state index >= 15 is 0 Å². The monoisotopic (exact) mass is 275 g/mol. The van der Waals surface area contributed by atoms with Crippen molar-refractivity contribution in [3.63, 3.8) is 0 Å². The van der Waals surface area contributed by atoms with E-state index in [1.807, 2.05) is 6.07 Å². The van der Waals surface area contributed by atoms with Crippen LogP contribution in [0.1, 0.15) is 29.7 Å². The third kappa shape index (κ3) is 3.39. The zero-order chi connectivity index (χ0) is 13.9. The molecule has 0 spiro atoms. The quantitative estimate of drug-likeness (QED) is 0.875. The molecule has 3 nitrogen and oxygen atoms in total. The lowest BCUT2D eigenvalue weighted by molar-refractivity contribution is 0.269. The molecule has 0 unspecified atom stereocenters. The molecule has 1 aromatic carbocycles. The van der Waals surface area contributed by atoms with E-state index in [0.29, 0.717) is 24.0 Å². The number of halogens is 1. The van der Waals surface area contributed by atoms with Gasteiger partial charge < -0.3 is 14.5 Å². The highest BCUT2D eigenvalue weighted by Gasteiger charge is 2.20. The number of ether oxygens (including phenoxy) is 1. The van der Waals surface area contributed by atoms with Crippen molar-refractivity contribution < 1.29 is 13.5 Å². The number of hydrogen-bond acceptors (Lipinski definition) is 3. The van der Waals surface area contributed by atoms with Crippen molar-refractivity contribution in [1.29, 1.82) is 0 Å². The van der Waals surface area contributed by atoms with Gasteiger partial charge in [-0.05, 0) is 37.5 Å². The normalized spacial score (nSPS) is 14.5. The average molecular weight is 275 g/mol. The van der Waals surface area contributed by atoms with Crippen molar-refractivity contribution in [3.8, 4) is 5.75 Å². The van der Waals surface area contributed by atoms with Gasteiger partial charge in [-0.15, -0.1) is 0 Å². The molecule has 1 aromatic heterocycles. The Balaban J connectivity index is 1.53. The summed E-state index contributed by atoms with van der Waals surface area (Å²) in [5.41, 5.74) is 1.73. The standard InChI is InChI=1S/C16H18FNO2/c1-11-2-5-14(7-16(11)17)20-10-15-6-12(9-19-15)8-18-13-3-4-13/h2,5-7,9,13,18H,3-4,8,10H2,1H3. The second-order valence-electron chi connectivity index (χ2n) is 5.28. The van der Waals surface area contributed by atoms with E-state index in [-0.39, 0.29) is 5.82 Å². The summed E-state index contributed by atoms with van der Waals surface area (Å²) in [5.74, 6) is 1.01. The molecule has 1 saturated carbocycles. The van der Waals surface area contributed by atoms with E-state index in [0.717, 1.165) is 17.9 Å². The van der Waals surface area contributed by atoms with Gasteiger partial charge in [-0.1, -0.05) is 6.07 Å². The molecule has 20 heavy (non-hydrogen) atoms. The number of rotatable bonds is 6. The van der Waals surface area contributed by atoms with Gasteiger partial charge >= 0.3 is 0 Å². The van der Waals surface area contributed by atoms with Gasteiger partial charge in [-0.25, -0.2) is 4.39 Å². The van der Waals surface area contributed by atoms with Gasteiger partial charge in [0.15, 0.2) is 0 Å². The summed E-state index contributed by atoms with van der Waals surface area (Å²) in [4.78, 5) is 0. The van der Waals surface area contributed by atoms with Gasteiger partial charge in [0, 0.05) is 24.2 Å². The first-order valence-corrected chi connectivity index (χ1v) is 6.89. The molecule has 0 amide bonds. The summed E-state index contributed by atoms with van der Waals surface area (Å²) < 4.78 is 24.3. The molecule has 0 aliphatic heterocycles. The average Bonchev–Trinajstić information content (AvgIpc) is 3.16. The van der Waals surface area contributed by atoms with Crippen LogP contribution < -0.4 is 10.1 Å². The van der Waals surface area contributed by atoms with Crippen LogP contribution in [0.3, 0.4) is 0 Å². The van der Waals surface area contributed by atoms with Gasteiger partial charge in [-0.2, -0.15) is 0 Å². The molecular formula is C16H18FNO2. The van der Waals surface area contributed by atoms with E-state index in [9.17, 15) is 4.39 Å². The first-order chi connectivity index (χ1) is 9.70. The summed E-state index contributed by atoms with van der Waals surface area (Å²) in [6.07, 6.45) is 4.28. The van der Waals surface area contributed by atoms with Crippen LogP contribution in [0.4, 0.5) is 4.39 Å². The molecule has 2 aromatic rings. The third-order valence-corrected chi connectivity index (χ3v) is 3.40. The summed E-state index contributed by atoms with van der Waals surface area (Å²) in [5, 5.41) is 3.42. The van der Waals surface area contributed by atoms with Crippen molar-refractivity contribution in [2.45, 2.75) is 39.0 Å². The van der Waals surface area contributed by atoms with E-state index in [4.69, 9.17) is 9.15 Å². The first kappa shape index (κ1) is 13.2. The Bertz CT molecular complexity index is 590. The summed E-state index contributed by atoms with van der Waals surface area (Å²) >= 11 is 0. The number of aryl methyl sites for hydroxylation is 1. The van der Waals surface area contributed by atoms with Crippen molar-refractivity contribution >= 4 is 0 Å². The fourth-order valence-electron chi connectivity index (χ4n) is 1.96. The fourth-order valence-corrected chi connectivity index (χ4v) is 1.96. The Morgan fingerprint density at radius 1 is 1.35 bits per heavy atom. The molecule has 0 bridgehead atoms. The fraction of sp³-hybridized carbons (Fsp3) is 0.375. The number of benzene rings is 1. The third-order valence-electron chi connectivity index (χ3n) is 3.40. The van der Waals surface area contributed by atoms with Crippen molar-refractivity contribution in [1.82, 2.24) is 5.32 Å². The molecule has 1 aliphatic carbocycles. The zero-order valence-electron chi connectivity index (χ0n) is 11.5. The van der Waals surface area contributed by atoms with Crippen LogP contribution in [0.15, 0.2) is 34.9 Å². The maximum absolute atomic E-state index is 13.4. The summed E-state index contributed by atoms with van der Waals surface area (Å²) in [7, 11) is 0. The molecule has 106 valence electrons. The number of furan rings is 1. The maximum atomic E-state index is 13.4. The van der Waals surface area contributed by atoms with Gasteiger partial charge in [-0.3, -0.25) is 0 Å². The Morgan fingerprint density at radius 2 is 2.20 bits per heavy atom. The smallest absolute Gasteiger partial charge is 0.146 e. The molecule has 1 aliphatic rings. The lowest BCUT2D eigenvalue weighted by Crippen LogP contribution is -2.14. The second kappa shape index (κ2) is 5.67. The van der Waals surface area contributed by atoms with Crippen molar-refractivity contribution in [2.24, 2.45) is 0 Å². The van der Waals surface area contributed by atoms with Crippen LogP contribution in [-0.4, -0.2) is 6.04 Å². The molecule has 0 saturated heterocycles. The van der Waals surface area contributed by atoms with Gasteiger partial charge in [0.1, 0.15) is 23.9 Å². The molecule has 1 heterocycles. The van der Waals surface area contributed by atoms with Crippen LogP contribution >= 0.6 is 0 Å². The van der Waals surface area contributed by atoms with Crippen LogP contribution in [0.2, 0.25) is 0 Å². The molecule has 0 atom stereocenters. The Morgan fingerprint density at radius 3 is 2.95 bits per heavy atom. The summed E-state index contributed by atoms with van der Waals surface area (Å²) in [6, 6.07) is 7.52. The minimum atomic E-state index is -0.253. The van der Waals surface area contributed by atoms with Crippen molar-refractivity contribution in [3.05, 3.63) is 53.2 Å². The van der Waals surface area contributed by atoms with Gasteiger partial charge in [0.25, 0.3) is 0 Å². The highest BCUT2D eigenvalue weighted by Crippen LogP contribution is 2.20. The topological polar surface area (TPSA) is 34.4 Å². The predicted molar refractivity (Wildman–Crippen MR) is 74.0 cm³/mol. The zero-order valence-corrected chi connectivity index (χ0v) is 11.5. The highest BCUT2D eigenvalue weighted by atomic mass is 19.1. The van der Waals surface area contributed by atoms with Crippen LogP contribution in [0.5, 0.6) is 5.75 Å². The van der Waals surface area contributed by atoms with E-state index in [1.165, 1.54) is 18.9 Å². The Labute approximate surface area is 117 Å². The molecule has 0 radical (unpaired) electrons. The number of nitrogens with one attached hydrogen (secondary N) is 1. The molecule has 1 N–H and O–H groups in total. The Kier molecular flexibility index (Phi) is 3.74. The van der Waals surface area contributed by atoms with Gasteiger partial charge in [0.2, 0.25) is 0 Å². The predicted octanol–water partition coefficient (Wildman–Crippen LogP) is 3.56. The van der Waals surface area contributed by atoms with Gasteiger partial charge in [0.05, 0.1) is 6.26 Å². The molecule has 1 fully saturated rings. The number of hydrogen-bond donors (Lipinski definition) is 1. The SMILES string of the molecule is Cc1ccc(OCc2cc(CNC3CC3)co2)cc1F. The minimum absolute atomic E-state index is 0.253.